The van der Waals surface area contributed by atoms with Gasteiger partial charge in [-0.25, -0.2) is 18.6 Å². The van der Waals surface area contributed by atoms with Gasteiger partial charge in [0.05, 0.1) is 10.6 Å². The second kappa shape index (κ2) is 17.0. The van der Waals surface area contributed by atoms with Crippen molar-refractivity contribution in [3.05, 3.63) is 64.0 Å². The van der Waals surface area contributed by atoms with E-state index < -0.39 is 11.9 Å². The third kappa shape index (κ3) is 10.8. The largest absolute Gasteiger partial charge is 0.478 e. The summed E-state index contributed by atoms with van der Waals surface area (Å²) in [7, 11) is 0. The zero-order valence-electron chi connectivity index (χ0n) is 23.8. The maximum absolute atomic E-state index is 13.5. The van der Waals surface area contributed by atoms with Crippen molar-refractivity contribution in [3.8, 4) is 0 Å². The normalized spacial score (nSPS) is 15.8. The maximum Gasteiger partial charge on any atom is 0.337 e. The van der Waals surface area contributed by atoms with Crippen LogP contribution in [0.5, 0.6) is 0 Å². The number of likely N-dealkylation sites (tertiary alicyclic amines) is 1. The number of benzene rings is 1. The number of carboxylic acid groups (broad SMARTS) is 1. The quantitative estimate of drug-likeness (QED) is 0.125. The first-order chi connectivity index (χ1) is 19.7. The van der Waals surface area contributed by atoms with Gasteiger partial charge in [-0.1, -0.05) is 81.1 Å². The van der Waals surface area contributed by atoms with Crippen molar-refractivity contribution < 1.29 is 18.7 Å². The second-order valence-electron chi connectivity index (χ2n) is 10.7. The summed E-state index contributed by atoms with van der Waals surface area (Å²) in [6.07, 6.45) is 13.8. The number of aromatic nitrogens is 2. The maximum atomic E-state index is 13.5. The molecule has 1 aliphatic heterocycles. The van der Waals surface area contributed by atoms with Crippen LogP contribution in [0.15, 0.2) is 42.7 Å². The summed E-state index contributed by atoms with van der Waals surface area (Å²) in [5.74, 6) is -3.53. The number of nitrogens with zero attached hydrogens (tertiary/aromatic N) is 2. The summed E-state index contributed by atoms with van der Waals surface area (Å²) in [6, 6.07) is 8.75. The number of pyridine rings is 1. The van der Waals surface area contributed by atoms with Crippen molar-refractivity contribution in [1.29, 1.82) is 0 Å². The van der Waals surface area contributed by atoms with E-state index in [0.717, 1.165) is 36.0 Å². The van der Waals surface area contributed by atoms with Gasteiger partial charge >= 0.3 is 5.97 Å². The Kier molecular flexibility index (Phi) is 13.8. The summed E-state index contributed by atoms with van der Waals surface area (Å²) in [5, 5.41) is 13.8. The number of piperidine rings is 1. The summed E-state index contributed by atoms with van der Waals surface area (Å²) in [5.41, 5.74) is 2.02. The van der Waals surface area contributed by atoms with Gasteiger partial charge in [0, 0.05) is 61.8 Å². The molecule has 3 heterocycles. The molecule has 226 valence electrons. The van der Waals surface area contributed by atoms with E-state index in [1.807, 2.05) is 6.07 Å². The Morgan fingerprint density at radius 1 is 1.05 bits per heavy atom. The van der Waals surface area contributed by atoms with E-state index in [9.17, 15) is 13.6 Å². The minimum absolute atomic E-state index is 0.0647. The molecule has 10 heteroatoms. The Morgan fingerprint density at radius 3 is 2.37 bits per heavy atom. The number of aromatic carboxylic acids is 1. The minimum atomic E-state index is -2.52. The average molecular weight is 612 g/mol. The summed E-state index contributed by atoms with van der Waals surface area (Å²) in [4.78, 5) is 20.0. The molecule has 1 unspecified atom stereocenters. The first-order valence-electron chi connectivity index (χ1n) is 14.6. The fourth-order valence-corrected chi connectivity index (χ4v) is 5.51. The number of alkyl halides is 2. The zero-order chi connectivity index (χ0) is 29.7. The highest BCUT2D eigenvalue weighted by Gasteiger charge is 2.36. The van der Waals surface area contributed by atoms with Gasteiger partial charge in [-0.2, -0.15) is 0 Å². The van der Waals surface area contributed by atoms with E-state index in [4.69, 9.17) is 28.3 Å². The van der Waals surface area contributed by atoms with Gasteiger partial charge < -0.3 is 15.4 Å². The van der Waals surface area contributed by atoms with Crippen molar-refractivity contribution in [2.75, 3.05) is 26.2 Å². The van der Waals surface area contributed by atoms with Crippen LogP contribution >= 0.6 is 23.2 Å². The molecule has 3 aromatic rings. The van der Waals surface area contributed by atoms with Gasteiger partial charge in [-0.3, -0.25) is 4.90 Å². The smallest absolute Gasteiger partial charge is 0.337 e. The molecule has 0 saturated carbocycles. The highest BCUT2D eigenvalue weighted by Crippen LogP contribution is 2.32. The molecule has 0 spiro atoms. The molecule has 4 rings (SSSR count). The van der Waals surface area contributed by atoms with Crippen LogP contribution in [-0.2, 0) is 0 Å². The lowest BCUT2D eigenvalue weighted by molar-refractivity contribution is -0.0633. The van der Waals surface area contributed by atoms with Crippen LogP contribution in [-0.4, -0.2) is 58.0 Å². The lowest BCUT2D eigenvalue weighted by atomic mass is 10.0. The molecular formula is C31H42Cl2F2N4O2. The molecular weight excluding hydrogens is 569 g/mol. The number of rotatable bonds is 14. The number of nitrogens with one attached hydrogen (secondary N) is 2. The molecule has 2 aromatic heterocycles. The van der Waals surface area contributed by atoms with Crippen molar-refractivity contribution in [1.82, 2.24) is 20.2 Å². The van der Waals surface area contributed by atoms with Gasteiger partial charge in [0.2, 0.25) is 0 Å². The van der Waals surface area contributed by atoms with Gasteiger partial charge in [-0.05, 0) is 42.8 Å². The third-order valence-electron chi connectivity index (χ3n) is 7.55. The zero-order valence-corrected chi connectivity index (χ0v) is 25.3. The van der Waals surface area contributed by atoms with Crippen LogP contribution in [0.1, 0.15) is 93.1 Å². The number of halogens is 4. The molecule has 1 aromatic carbocycles. The Labute approximate surface area is 251 Å². The van der Waals surface area contributed by atoms with Crippen molar-refractivity contribution in [2.24, 2.45) is 0 Å². The number of hydrogen-bond donors (Lipinski definition) is 3. The van der Waals surface area contributed by atoms with E-state index in [2.05, 4.69) is 27.1 Å². The molecule has 0 radical (unpaired) electrons. The second-order valence-corrected chi connectivity index (χ2v) is 11.4. The first kappa shape index (κ1) is 33.2. The van der Waals surface area contributed by atoms with Gasteiger partial charge in [0.25, 0.3) is 5.92 Å². The molecule has 0 aliphatic carbocycles. The van der Waals surface area contributed by atoms with Crippen molar-refractivity contribution >= 4 is 40.1 Å². The molecule has 6 nitrogen and oxygen atoms in total. The van der Waals surface area contributed by atoms with E-state index >= 15 is 0 Å². The standard InChI is InChI=1S/C22H36ClF2N3.C9H6ClNO2/c1-2-3-4-5-6-7-8-9-14-26-18-20(19-10-11-21(23)27-17-19)28-15-12-22(24,25)13-16-28;10-8-5-3-4-11-7(5)2-1-6(8)9(12)13/h10-11,17,20,26H,2-9,12-16,18H2,1H3;1-4,11H,(H,12,13). The van der Waals surface area contributed by atoms with E-state index in [0.29, 0.717) is 18.2 Å². The number of carbonyl (C=O) groups is 1. The molecule has 1 saturated heterocycles. The minimum Gasteiger partial charge on any atom is -0.478 e. The number of carboxylic acids is 1. The molecule has 41 heavy (non-hydrogen) atoms. The Bertz CT molecular complexity index is 1200. The van der Waals surface area contributed by atoms with Crippen LogP contribution in [0.3, 0.4) is 0 Å². The molecule has 3 N–H and O–H groups in total. The molecule has 0 bridgehead atoms. The lowest BCUT2D eigenvalue weighted by Crippen LogP contribution is -2.44. The van der Waals surface area contributed by atoms with Gasteiger partial charge in [0.1, 0.15) is 5.15 Å². The molecule has 0 amide bonds. The fraction of sp³-hybridized carbons (Fsp3) is 0.548. The van der Waals surface area contributed by atoms with Crippen LogP contribution in [0.4, 0.5) is 8.78 Å². The molecule has 1 atom stereocenters. The van der Waals surface area contributed by atoms with E-state index in [-0.39, 0.29) is 29.5 Å². The SMILES string of the molecule is CCCCCCCCCCNCC(c1ccc(Cl)nc1)N1CCC(F)(F)CC1.O=C(O)c1ccc2[nH]ccc2c1Cl. The van der Waals surface area contributed by atoms with E-state index in [1.54, 1.807) is 30.6 Å². The summed E-state index contributed by atoms with van der Waals surface area (Å²) >= 11 is 11.8. The van der Waals surface area contributed by atoms with Gasteiger partial charge in [-0.15, -0.1) is 0 Å². The average Bonchev–Trinajstić information content (AvgIpc) is 3.43. The van der Waals surface area contributed by atoms with Crippen LogP contribution in [0.25, 0.3) is 10.9 Å². The van der Waals surface area contributed by atoms with Crippen LogP contribution in [0, 0.1) is 0 Å². The first-order valence-corrected chi connectivity index (χ1v) is 15.4. The summed E-state index contributed by atoms with van der Waals surface area (Å²) < 4.78 is 27.1. The van der Waals surface area contributed by atoms with Crippen LogP contribution < -0.4 is 5.32 Å². The summed E-state index contributed by atoms with van der Waals surface area (Å²) in [6.45, 7) is 4.80. The third-order valence-corrected chi connectivity index (χ3v) is 8.18. The topological polar surface area (TPSA) is 81.2 Å². The predicted molar refractivity (Wildman–Crippen MR) is 163 cm³/mol. The Balaban J connectivity index is 0.000000294. The predicted octanol–water partition coefficient (Wildman–Crippen LogP) is 8.76. The fourth-order valence-electron chi connectivity index (χ4n) is 5.09. The number of unbranched alkanes of at least 4 members (excludes halogenated alkanes) is 7. The van der Waals surface area contributed by atoms with Crippen molar-refractivity contribution in [2.45, 2.75) is 83.1 Å². The molecule has 1 fully saturated rings. The highest BCUT2D eigenvalue weighted by molar-refractivity contribution is 6.38. The number of fused-ring (bicyclic) bond motifs is 1. The number of aromatic amines is 1. The van der Waals surface area contributed by atoms with Crippen LogP contribution in [0.2, 0.25) is 10.2 Å². The molecule has 1 aliphatic rings. The number of hydrogen-bond acceptors (Lipinski definition) is 4. The monoisotopic (exact) mass is 610 g/mol. The Hall–Kier alpha value is -2.26. The van der Waals surface area contributed by atoms with Crippen molar-refractivity contribution in [3.63, 3.8) is 0 Å². The highest BCUT2D eigenvalue weighted by atomic mass is 35.5. The van der Waals surface area contributed by atoms with Gasteiger partial charge in [0.15, 0.2) is 0 Å². The van der Waals surface area contributed by atoms with E-state index in [1.165, 1.54) is 51.0 Å². The Morgan fingerprint density at radius 2 is 1.73 bits per heavy atom. The number of H-pyrrole nitrogens is 1. The lowest BCUT2D eigenvalue weighted by Gasteiger charge is -2.37.